The summed E-state index contributed by atoms with van der Waals surface area (Å²) in [6, 6.07) is 13.2. The molecule has 1 heterocycles. The zero-order chi connectivity index (χ0) is 20.8. The first-order valence-electron chi connectivity index (χ1n) is 9.33. The molecule has 0 unspecified atom stereocenters. The molecule has 0 aliphatic heterocycles. The molecule has 2 amide bonds. The van der Waals surface area contributed by atoms with Crippen molar-refractivity contribution in [2.24, 2.45) is 5.92 Å². The molecular weight excluding hydrogens is 373 g/mol. The van der Waals surface area contributed by atoms with Gasteiger partial charge in [-0.25, -0.2) is 9.37 Å². The number of benzene rings is 2. The number of hydrogen-bond acceptors (Lipinski definition) is 4. The highest BCUT2D eigenvalue weighted by molar-refractivity contribution is 5.93. The molecule has 0 atom stereocenters. The van der Waals surface area contributed by atoms with Crippen molar-refractivity contribution in [3.8, 4) is 11.3 Å². The first kappa shape index (κ1) is 20.3. The van der Waals surface area contributed by atoms with Crippen molar-refractivity contribution in [1.29, 1.82) is 0 Å². The molecule has 0 fully saturated rings. The van der Waals surface area contributed by atoms with Gasteiger partial charge in [0.25, 0.3) is 0 Å². The lowest BCUT2D eigenvalue weighted by molar-refractivity contribution is -0.119. The molecule has 7 heteroatoms. The maximum absolute atomic E-state index is 13.8. The quantitative estimate of drug-likeness (QED) is 0.610. The normalized spacial score (nSPS) is 10.8. The standard InChI is InChI=1S/C22H22FN3O3/c1-14(2)22(28)26-16-9-7-15(8-10-16)25-20(27)11-12-21-24-13-19(29-21)17-5-3-4-6-18(17)23/h3-10,13-14H,11-12H2,1-2H3,(H,25,27)(H,26,28). The second kappa shape index (κ2) is 9.14. The van der Waals surface area contributed by atoms with Crippen LogP contribution in [0.15, 0.2) is 59.1 Å². The molecule has 3 rings (SSSR count). The fourth-order valence-corrected chi connectivity index (χ4v) is 2.58. The highest BCUT2D eigenvalue weighted by Gasteiger charge is 2.12. The van der Waals surface area contributed by atoms with Crippen LogP contribution in [0.3, 0.4) is 0 Å². The Labute approximate surface area is 168 Å². The number of halogens is 1. The van der Waals surface area contributed by atoms with Crippen molar-refractivity contribution in [2.45, 2.75) is 26.7 Å². The summed E-state index contributed by atoms with van der Waals surface area (Å²) in [6.45, 7) is 3.63. The Morgan fingerprint density at radius 3 is 2.34 bits per heavy atom. The van der Waals surface area contributed by atoms with E-state index in [1.165, 1.54) is 12.3 Å². The molecule has 0 aliphatic rings. The SMILES string of the molecule is CC(C)C(=O)Nc1ccc(NC(=O)CCc2ncc(-c3ccccc3F)o2)cc1. The van der Waals surface area contributed by atoms with Gasteiger partial charge in [-0.05, 0) is 36.4 Å². The number of aromatic nitrogens is 1. The van der Waals surface area contributed by atoms with Crippen LogP contribution in [0.1, 0.15) is 26.2 Å². The average Bonchev–Trinajstić information content (AvgIpc) is 3.17. The van der Waals surface area contributed by atoms with Crippen molar-refractivity contribution < 1.29 is 18.4 Å². The van der Waals surface area contributed by atoms with E-state index in [0.29, 0.717) is 35.0 Å². The Balaban J connectivity index is 1.51. The maximum atomic E-state index is 13.8. The van der Waals surface area contributed by atoms with Crippen LogP contribution in [0.25, 0.3) is 11.3 Å². The topological polar surface area (TPSA) is 84.2 Å². The lowest BCUT2D eigenvalue weighted by Gasteiger charge is -2.09. The van der Waals surface area contributed by atoms with E-state index in [0.717, 1.165) is 0 Å². The number of oxazole rings is 1. The van der Waals surface area contributed by atoms with Crippen LogP contribution in [-0.2, 0) is 16.0 Å². The van der Waals surface area contributed by atoms with Gasteiger partial charge in [-0.1, -0.05) is 26.0 Å². The highest BCUT2D eigenvalue weighted by atomic mass is 19.1. The molecule has 0 spiro atoms. The number of aryl methyl sites for hydroxylation is 1. The second-order valence-corrected chi connectivity index (χ2v) is 6.87. The molecular formula is C22H22FN3O3. The summed E-state index contributed by atoms with van der Waals surface area (Å²) in [5.74, 6) is -0.0655. The molecule has 2 N–H and O–H groups in total. The van der Waals surface area contributed by atoms with Crippen molar-refractivity contribution in [1.82, 2.24) is 4.98 Å². The molecule has 0 aliphatic carbocycles. The predicted molar refractivity (Wildman–Crippen MR) is 109 cm³/mol. The van der Waals surface area contributed by atoms with Crippen LogP contribution < -0.4 is 10.6 Å². The van der Waals surface area contributed by atoms with E-state index in [9.17, 15) is 14.0 Å². The van der Waals surface area contributed by atoms with Crippen molar-refractivity contribution in [2.75, 3.05) is 10.6 Å². The van der Waals surface area contributed by atoms with Crippen LogP contribution in [0.5, 0.6) is 0 Å². The van der Waals surface area contributed by atoms with E-state index in [1.54, 1.807) is 42.5 Å². The zero-order valence-electron chi connectivity index (χ0n) is 16.2. The van der Waals surface area contributed by atoms with E-state index in [4.69, 9.17) is 4.42 Å². The van der Waals surface area contributed by atoms with Crippen LogP contribution in [0.2, 0.25) is 0 Å². The van der Waals surface area contributed by atoms with Crippen LogP contribution >= 0.6 is 0 Å². The van der Waals surface area contributed by atoms with E-state index < -0.39 is 0 Å². The number of rotatable bonds is 7. The fourth-order valence-electron chi connectivity index (χ4n) is 2.58. The van der Waals surface area contributed by atoms with E-state index >= 15 is 0 Å². The van der Waals surface area contributed by atoms with Gasteiger partial charge in [0.2, 0.25) is 11.8 Å². The summed E-state index contributed by atoms with van der Waals surface area (Å²) in [7, 11) is 0. The third-order valence-electron chi connectivity index (χ3n) is 4.22. The molecule has 6 nitrogen and oxygen atoms in total. The average molecular weight is 395 g/mol. The third-order valence-corrected chi connectivity index (χ3v) is 4.22. The minimum absolute atomic E-state index is 0.0671. The zero-order valence-corrected chi connectivity index (χ0v) is 16.2. The Hall–Kier alpha value is -3.48. The Morgan fingerprint density at radius 1 is 1.03 bits per heavy atom. The maximum Gasteiger partial charge on any atom is 0.226 e. The largest absolute Gasteiger partial charge is 0.441 e. The molecule has 150 valence electrons. The number of nitrogens with one attached hydrogen (secondary N) is 2. The molecule has 0 saturated heterocycles. The summed E-state index contributed by atoms with van der Waals surface area (Å²) < 4.78 is 19.4. The minimum atomic E-state index is -0.388. The molecule has 0 bridgehead atoms. The Kier molecular flexibility index (Phi) is 6.39. The predicted octanol–water partition coefficient (Wildman–Crippen LogP) is 4.65. The summed E-state index contributed by atoms with van der Waals surface area (Å²) in [5, 5.41) is 5.57. The number of anilines is 2. The smallest absolute Gasteiger partial charge is 0.226 e. The number of carbonyl (C=O) groups is 2. The first-order valence-corrected chi connectivity index (χ1v) is 9.33. The lowest BCUT2D eigenvalue weighted by Crippen LogP contribution is -2.17. The Bertz CT molecular complexity index is 997. The van der Waals surface area contributed by atoms with Gasteiger partial charge in [-0.2, -0.15) is 0 Å². The van der Waals surface area contributed by atoms with Gasteiger partial charge >= 0.3 is 0 Å². The van der Waals surface area contributed by atoms with Gasteiger partial charge in [0.15, 0.2) is 11.7 Å². The lowest BCUT2D eigenvalue weighted by atomic mass is 10.2. The molecule has 0 saturated carbocycles. The summed E-state index contributed by atoms with van der Waals surface area (Å²) in [5.41, 5.74) is 1.62. The Morgan fingerprint density at radius 2 is 1.69 bits per heavy atom. The monoisotopic (exact) mass is 395 g/mol. The summed E-state index contributed by atoms with van der Waals surface area (Å²) in [6.07, 6.45) is 1.92. The number of carbonyl (C=O) groups excluding carboxylic acids is 2. The van der Waals surface area contributed by atoms with E-state index in [2.05, 4.69) is 15.6 Å². The van der Waals surface area contributed by atoms with E-state index in [1.807, 2.05) is 13.8 Å². The molecule has 3 aromatic rings. The van der Waals surface area contributed by atoms with Gasteiger partial charge in [0, 0.05) is 30.1 Å². The molecule has 29 heavy (non-hydrogen) atoms. The van der Waals surface area contributed by atoms with Crippen LogP contribution in [-0.4, -0.2) is 16.8 Å². The van der Waals surface area contributed by atoms with E-state index in [-0.39, 0.29) is 30.0 Å². The number of amides is 2. The first-order chi connectivity index (χ1) is 13.9. The van der Waals surface area contributed by atoms with Gasteiger partial charge in [0.05, 0.1) is 11.8 Å². The third kappa shape index (κ3) is 5.51. The molecule has 0 radical (unpaired) electrons. The van der Waals surface area contributed by atoms with Crippen LogP contribution in [0, 0.1) is 11.7 Å². The van der Waals surface area contributed by atoms with Gasteiger partial charge < -0.3 is 15.1 Å². The van der Waals surface area contributed by atoms with Gasteiger partial charge in [0.1, 0.15) is 5.82 Å². The fraction of sp³-hybridized carbons (Fsp3) is 0.227. The second-order valence-electron chi connectivity index (χ2n) is 6.87. The van der Waals surface area contributed by atoms with Crippen LogP contribution in [0.4, 0.5) is 15.8 Å². The van der Waals surface area contributed by atoms with Gasteiger partial charge in [-0.3, -0.25) is 9.59 Å². The van der Waals surface area contributed by atoms with Crippen molar-refractivity contribution in [3.63, 3.8) is 0 Å². The molecule has 2 aromatic carbocycles. The van der Waals surface area contributed by atoms with Gasteiger partial charge in [-0.15, -0.1) is 0 Å². The highest BCUT2D eigenvalue weighted by Crippen LogP contribution is 2.23. The van der Waals surface area contributed by atoms with Crippen molar-refractivity contribution >= 4 is 23.2 Å². The number of nitrogens with zero attached hydrogens (tertiary/aromatic N) is 1. The van der Waals surface area contributed by atoms with Crippen molar-refractivity contribution in [3.05, 3.63) is 66.4 Å². The number of hydrogen-bond donors (Lipinski definition) is 2. The summed E-state index contributed by atoms with van der Waals surface area (Å²) in [4.78, 5) is 28.0. The molecule has 1 aromatic heterocycles. The summed E-state index contributed by atoms with van der Waals surface area (Å²) >= 11 is 0. The minimum Gasteiger partial charge on any atom is -0.441 e.